The molecule has 0 saturated heterocycles. The Morgan fingerprint density at radius 3 is 2.76 bits per heavy atom. The molecule has 0 atom stereocenters. The standard InChI is InChI=1S/C12H16N2O3/c1-9(2)8-14-11(15)5-6-13-12(16)10-4-3-7-17-10/h3-4,7H,1,5-6,8H2,2H3,(H,13,16)(H,14,15). The number of hydrogen-bond acceptors (Lipinski definition) is 3. The molecule has 0 aromatic carbocycles. The fraction of sp³-hybridized carbons (Fsp3) is 0.333. The summed E-state index contributed by atoms with van der Waals surface area (Å²) in [5, 5.41) is 5.27. The van der Waals surface area contributed by atoms with E-state index in [1.165, 1.54) is 6.26 Å². The minimum Gasteiger partial charge on any atom is -0.459 e. The van der Waals surface area contributed by atoms with Crippen LogP contribution in [-0.2, 0) is 4.79 Å². The summed E-state index contributed by atoms with van der Waals surface area (Å²) < 4.78 is 4.91. The molecule has 0 aliphatic carbocycles. The van der Waals surface area contributed by atoms with Gasteiger partial charge in [-0.2, -0.15) is 0 Å². The van der Waals surface area contributed by atoms with Gasteiger partial charge in [-0.25, -0.2) is 0 Å². The summed E-state index contributed by atoms with van der Waals surface area (Å²) in [6.07, 6.45) is 1.66. The largest absolute Gasteiger partial charge is 0.459 e. The van der Waals surface area contributed by atoms with E-state index in [4.69, 9.17) is 4.42 Å². The molecule has 0 fully saturated rings. The van der Waals surface area contributed by atoms with Gasteiger partial charge in [0.1, 0.15) is 0 Å². The van der Waals surface area contributed by atoms with Crippen molar-refractivity contribution < 1.29 is 14.0 Å². The Labute approximate surface area is 99.9 Å². The normalized spacial score (nSPS) is 9.71. The Bertz CT molecular complexity index is 396. The topological polar surface area (TPSA) is 71.3 Å². The Morgan fingerprint density at radius 2 is 2.18 bits per heavy atom. The quantitative estimate of drug-likeness (QED) is 0.726. The van der Waals surface area contributed by atoms with Crippen molar-refractivity contribution in [3.63, 3.8) is 0 Å². The number of furan rings is 1. The van der Waals surface area contributed by atoms with Crippen LogP contribution in [0.15, 0.2) is 35.0 Å². The van der Waals surface area contributed by atoms with Gasteiger partial charge in [0, 0.05) is 19.5 Å². The maximum Gasteiger partial charge on any atom is 0.286 e. The van der Waals surface area contributed by atoms with Crippen LogP contribution in [0.4, 0.5) is 0 Å². The van der Waals surface area contributed by atoms with Crippen LogP contribution in [0.25, 0.3) is 0 Å². The van der Waals surface area contributed by atoms with Crippen molar-refractivity contribution in [1.82, 2.24) is 10.6 Å². The highest BCUT2D eigenvalue weighted by Crippen LogP contribution is 1.98. The van der Waals surface area contributed by atoms with Crippen LogP contribution in [-0.4, -0.2) is 24.9 Å². The van der Waals surface area contributed by atoms with Crippen LogP contribution in [0.1, 0.15) is 23.9 Å². The van der Waals surface area contributed by atoms with Gasteiger partial charge in [0.05, 0.1) is 6.26 Å². The zero-order valence-electron chi connectivity index (χ0n) is 9.79. The summed E-state index contributed by atoms with van der Waals surface area (Å²) in [4.78, 5) is 22.7. The molecule has 1 aromatic heterocycles. The fourth-order valence-corrected chi connectivity index (χ4v) is 1.12. The first kappa shape index (κ1) is 13.0. The number of carbonyl (C=O) groups is 2. The molecule has 1 rings (SSSR count). The molecule has 1 aromatic rings. The zero-order valence-corrected chi connectivity index (χ0v) is 9.79. The average Bonchev–Trinajstić information content (AvgIpc) is 2.79. The minimum atomic E-state index is -0.317. The Morgan fingerprint density at radius 1 is 1.41 bits per heavy atom. The molecule has 0 spiro atoms. The molecule has 17 heavy (non-hydrogen) atoms. The SMILES string of the molecule is C=C(C)CNC(=O)CCNC(=O)c1ccco1. The number of rotatable bonds is 6. The lowest BCUT2D eigenvalue weighted by atomic mass is 10.3. The third kappa shape index (κ3) is 5.01. The number of nitrogens with one attached hydrogen (secondary N) is 2. The molecule has 0 aliphatic heterocycles. The molecule has 0 unspecified atom stereocenters. The molecular formula is C12H16N2O3. The van der Waals surface area contributed by atoms with Crippen LogP contribution in [0.3, 0.4) is 0 Å². The lowest BCUT2D eigenvalue weighted by Crippen LogP contribution is -2.31. The van der Waals surface area contributed by atoms with Crippen LogP contribution in [0.5, 0.6) is 0 Å². The second kappa shape index (κ2) is 6.52. The maximum atomic E-state index is 11.4. The predicted molar refractivity (Wildman–Crippen MR) is 63.5 cm³/mol. The molecule has 1 heterocycles. The van der Waals surface area contributed by atoms with Crippen molar-refractivity contribution in [2.24, 2.45) is 0 Å². The Balaban J connectivity index is 2.17. The highest BCUT2D eigenvalue weighted by molar-refractivity contribution is 5.91. The molecule has 0 radical (unpaired) electrons. The summed E-state index contributed by atoms with van der Waals surface area (Å²) >= 11 is 0. The highest BCUT2D eigenvalue weighted by atomic mass is 16.3. The molecule has 0 bridgehead atoms. The van der Waals surface area contributed by atoms with E-state index in [1.807, 2.05) is 6.92 Å². The molecule has 2 amide bonds. The second-order valence-electron chi connectivity index (χ2n) is 3.72. The Kier molecular flexibility index (Phi) is 5.00. The highest BCUT2D eigenvalue weighted by Gasteiger charge is 2.08. The molecule has 5 heteroatoms. The van der Waals surface area contributed by atoms with Gasteiger partial charge in [0.2, 0.25) is 5.91 Å². The van der Waals surface area contributed by atoms with Gasteiger partial charge in [-0.1, -0.05) is 12.2 Å². The monoisotopic (exact) mass is 236 g/mol. The van der Waals surface area contributed by atoms with E-state index in [1.54, 1.807) is 12.1 Å². The van der Waals surface area contributed by atoms with Crippen molar-refractivity contribution >= 4 is 11.8 Å². The van der Waals surface area contributed by atoms with Gasteiger partial charge in [-0.15, -0.1) is 0 Å². The lowest BCUT2D eigenvalue weighted by molar-refractivity contribution is -0.120. The van der Waals surface area contributed by atoms with E-state index in [-0.39, 0.29) is 30.5 Å². The van der Waals surface area contributed by atoms with E-state index < -0.39 is 0 Å². The van der Waals surface area contributed by atoms with Gasteiger partial charge < -0.3 is 15.1 Å². The van der Waals surface area contributed by atoms with Gasteiger partial charge >= 0.3 is 0 Å². The summed E-state index contributed by atoms with van der Waals surface area (Å²) in [6.45, 7) is 6.25. The van der Waals surface area contributed by atoms with E-state index in [0.29, 0.717) is 6.54 Å². The summed E-state index contributed by atoms with van der Waals surface area (Å²) in [6, 6.07) is 3.20. The van der Waals surface area contributed by atoms with E-state index in [2.05, 4.69) is 17.2 Å². The maximum absolute atomic E-state index is 11.4. The number of carbonyl (C=O) groups excluding carboxylic acids is 2. The van der Waals surface area contributed by atoms with Gasteiger partial charge in [-0.3, -0.25) is 9.59 Å². The summed E-state index contributed by atoms with van der Waals surface area (Å²) in [7, 11) is 0. The lowest BCUT2D eigenvalue weighted by Gasteiger charge is -2.05. The van der Waals surface area contributed by atoms with Gasteiger partial charge in [-0.05, 0) is 19.1 Å². The van der Waals surface area contributed by atoms with Gasteiger partial charge in [0.25, 0.3) is 5.91 Å². The van der Waals surface area contributed by atoms with Crippen molar-refractivity contribution in [3.05, 3.63) is 36.3 Å². The summed E-state index contributed by atoms with van der Waals surface area (Å²) in [5.74, 6) is -0.192. The number of hydrogen-bond donors (Lipinski definition) is 2. The first-order valence-electron chi connectivity index (χ1n) is 5.32. The van der Waals surface area contributed by atoms with E-state index >= 15 is 0 Å². The molecular weight excluding hydrogens is 220 g/mol. The van der Waals surface area contributed by atoms with Crippen LogP contribution in [0, 0.1) is 0 Å². The van der Waals surface area contributed by atoms with Gasteiger partial charge in [0.15, 0.2) is 5.76 Å². The van der Waals surface area contributed by atoms with E-state index in [9.17, 15) is 9.59 Å². The van der Waals surface area contributed by atoms with Crippen molar-refractivity contribution in [2.45, 2.75) is 13.3 Å². The Hall–Kier alpha value is -2.04. The zero-order chi connectivity index (χ0) is 12.7. The first-order valence-corrected chi connectivity index (χ1v) is 5.32. The first-order chi connectivity index (χ1) is 8.09. The second-order valence-corrected chi connectivity index (χ2v) is 3.72. The van der Waals surface area contributed by atoms with Crippen LogP contribution >= 0.6 is 0 Å². The minimum absolute atomic E-state index is 0.118. The average molecular weight is 236 g/mol. The van der Waals surface area contributed by atoms with E-state index in [0.717, 1.165) is 5.57 Å². The van der Waals surface area contributed by atoms with Crippen LogP contribution in [0.2, 0.25) is 0 Å². The van der Waals surface area contributed by atoms with Crippen molar-refractivity contribution in [3.8, 4) is 0 Å². The van der Waals surface area contributed by atoms with Crippen molar-refractivity contribution in [1.29, 1.82) is 0 Å². The third-order valence-corrected chi connectivity index (χ3v) is 1.97. The summed E-state index contributed by atoms with van der Waals surface area (Å²) in [5.41, 5.74) is 0.887. The molecule has 2 N–H and O–H groups in total. The number of amides is 2. The molecule has 0 saturated carbocycles. The molecule has 92 valence electrons. The van der Waals surface area contributed by atoms with Crippen molar-refractivity contribution in [2.75, 3.05) is 13.1 Å². The molecule has 5 nitrogen and oxygen atoms in total. The van der Waals surface area contributed by atoms with Crippen LogP contribution < -0.4 is 10.6 Å². The predicted octanol–water partition coefficient (Wildman–Crippen LogP) is 1.09. The molecule has 0 aliphatic rings. The third-order valence-electron chi connectivity index (χ3n) is 1.97. The fourth-order valence-electron chi connectivity index (χ4n) is 1.12. The smallest absolute Gasteiger partial charge is 0.286 e.